The van der Waals surface area contributed by atoms with Gasteiger partial charge in [0, 0.05) is 28.6 Å². The zero-order valence-corrected chi connectivity index (χ0v) is 12.0. The summed E-state index contributed by atoms with van der Waals surface area (Å²) >= 11 is 0. The molecule has 4 N–H and O–H groups in total. The molecule has 1 heterocycles. The highest BCUT2D eigenvalue weighted by Crippen LogP contribution is 2.24. The van der Waals surface area contributed by atoms with Crippen molar-refractivity contribution in [2.24, 2.45) is 0 Å². The summed E-state index contributed by atoms with van der Waals surface area (Å²) in [5.74, 6) is -0.545. The second kappa shape index (κ2) is 5.84. The maximum absolute atomic E-state index is 13.0. The van der Waals surface area contributed by atoms with E-state index in [4.69, 9.17) is 11.5 Å². The number of benzene rings is 2. The van der Waals surface area contributed by atoms with Gasteiger partial charge in [-0.05, 0) is 42.5 Å². The first kappa shape index (κ1) is 14.6. The minimum atomic E-state index is -0.403. The largest absolute Gasteiger partial charge is 0.398 e. The Hall–Kier alpha value is -3.28. The van der Waals surface area contributed by atoms with Crippen molar-refractivity contribution in [2.75, 3.05) is 11.5 Å². The van der Waals surface area contributed by atoms with Crippen LogP contribution in [0, 0.1) is 5.82 Å². The van der Waals surface area contributed by atoms with E-state index in [1.807, 2.05) is 0 Å². The van der Waals surface area contributed by atoms with Gasteiger partial charge in [0.05, 0.1) is 5.69 Å². The van der Waals surface area contributed by atoms with Crippen molar-refractivity contribution in [1.82, 2.24) is 9.97 Å². The number of nitrogens with zero attached hydrogens (tertiary/aromatic N) is 2. The Kier molecular flexibility index (Phi) is 3.72. The van der Waals surface area contributed by atoms with Crippen molar-refractivity contribution in [3.05, 3.63) is 71.7 Å². The molecule has 0 atom stereocenters. The number of hydrogen-bond acceptors (Lipinski definition) is 5. The lowest BCUT2D eigenvalue weighted by Crippen LogP contribution is -2.06. The van der Waals surface area contributed by atoms with Crippen LogP contribution in [-0.4, -0.2) is 15.8 Å². The van der Waals surface area contributed by atoms with Gasteiger partial charge in [-0.2, -0.15) is 0 Å². The number of halogens is 1. The predicted octanol–water partition coefficient (Wildman–Crippen LogP) is 2.68. The lowest BCUT2D eigenvalue weighted by molar-refractivity contribution is 0.103. The fraction of sp³-hybridized carbons (Fsp3) is 0. The SMILES string of the molecule is Nc1nccc(-c2ccc(N)c(C(=O)c3ccc(F)cc3)c2)n1. The molecule has 114 valence electrons. The number of hydrogen-bond donors (Lipinski definition) is 2. The third-order valence-corrected chi connectivity index (χ3v) is 3.37. The molecule has 0 spiro atoms. The van der Waals surface area contributed by atoms with Gasteiger partial charge in [0.15, 0.2) is 5.78 Å². The smallest absolute Gasteiger partial charge is 0.220 e. The first-order valence-electron chi connectivity index (χ1n) is 6.83. The molecule has 0 aliphatic rings. The molecule has 0 bridgehead atoms. The summed E-state index contributed by atoms with van der Waals surface area (Å²) in [6.07, 6.45) is 1.54. The third kappa shape index (κ3) is 3.01. The fourth-order valence-corrected chi connectivity index (χ4v) is 2.20. The molecular formula is C17H13FN4O. The maximum atomic E-state index is 13.0. The summed E-state index contributed by atoms with van der Waals surface area (Å²) < 4.78 is 13.0. The van der Waals surface area contributed by atoms with Gasteiger partial charge >= 0.3 is 0 Å². The Morgan fingerprint density at radius 2 is 1.74 bits per heavy atom. The molecule has 5 nitrogen and oxygen atoms in total. The van der Waals surface area contributed by atoms with Gasteiger partial charge in [-0.3, -0.25) is 4.79 Å². The van der Waals surface area contributed by atoms with E-state index < -0.39 is 5.82 Å². The van der Waals surface area contributed by atoms with Gasteiger partial charge in [0.25, 0.3) is 0 Å². The first-order chi connectivity index (χ1) is 11.0. The van der Waals surface area contributed by atoms with Crippen LogP contribution in [0.2, 0.25) is 0 Å². The molecule has 0 aliphatic carbocycles. The van der Waals surface area contributed by atoms with Gasteiger partial charge in [-0.15, -0.1) is 0 Å². The molecule has 0 saturated carbocycles. The van der Waals surface area contributed by atoms with E-state index in [9.17, 15) is 9.18 Å². The van der Waals surface area contributed by atoms with Crippen LogP contribution in [-0.2, 0) is 0 Å². The second-order valence-electron chi connectivity index (χ2n) is 4.94. The number of carbonyl (C=O) groups is 1. The number of ketones is 1. The van der Waals surface area contributed by atoms with E-state index in [1.165, 1.54) is 30.5 Å². The zero-order valence-electron chi connectivity index (χ0n) is 12.0. The van der Waals surface area contributed by atoms with Gasteiger partial charge in [-0.25, -0.2) is 14.4 Å². The summed E-state index contributed by atoms with van der Waals surface area (Å²) in [6, 6.07) is 12.0. The summed E-state index contributed by atoms with van der Waals surface area (Å²) in [7, 11) is 0. The van der Waals surface area contributed by atoms with Crippen molar-refractivity contribution >= 4 is 17.4 Å². The monoisotopic (exact) mass is 308 g/mol. The van der Waals surface area contributed by atoms with Crippen LogP contribution >= 0.6 is 0 Å². The zero-order chi connectivity index (χ0) is 16.4. The van der Waals surface area contributed by atoms with Crippen LogP contribution in [0.15, 0.2) is 54.7 Å². The summed E-state index contributed by atoms with van der Waals surface area (Å²) in [5.41, 5.74) is 13.8. The average Bonchev–Trinajstić information content (AvgIpc) is 2.55. The van der Waals surface area contributed by atoms with Crippen LogP contribution in [0.1, 0.15) is 15.9 Å². The van der Waals surface area contributed by atoms with Crippen LogP contribution in [0.5, 0.6) is 0 Å². The molecule has 0 radical (unpaired) electrons. The van der Waals surface area contributed by atoms with Crippen LogP contribution in [0.4, 0.5) is 16.0 Å². The number of aromatic nitrogens is 2. The number of nitrogen functional groups attached to an aromatic ring is 2. The number of carbonyl (C=O) groups excluding carboxylic acids is 1. The van der Waals surface area contributed by atoms with Crippen molar-refractivity contribution in [3.8, 4) is 11.3 Å². The molecule has 0 unspecified atom stereocenters. The Bertz CT molecular complexity index is 878. The minimum Gasteiger partial charge on any atom is -0.398 e. The molecule has 0 fully saturated rings. The molecule has 3 aromatic rings. The third-order valence-electron chi connectivity index (χ3n) is 3.37. The Balaban J connectivity index is 2.04. The molecule has 0 aliphatic heterocycles. The molecule has 0 saturated heterocycles. The van der Waals surface area contributed by atoms with E-state index in [0.717, 1.165) is 0 Å². The predicted molar refractivity (Wildman–Crippen MR) is 86.1 cm³/mol. The van der Waals surface area contributed by atoms with Crippen molar-refractivity contribution in [3.63, 3.8) is 0 Å². The molecule has 1 aromatic heterocycles. The highest BCUT2D eigenvalue weighted by Gasteiger charge is 2.14. The van der Waals surface area contributed by atoms with Gasteiger partial charge < -0.3 is 11.5 Å². The van der Waals surface area contributed by atoms with E-state index in [1.54, 1.807) is 24.3 Å². The lowest BCUT2D eigenvalue weighted by Gasteiger charge is -2.08. The maximum Gasteiger partial charge on any atom is 0.220 e. The molecule has 6 heteroatoms. The van der Waals surface area contributed by atoms with Crippen molar-refractivity contribution in [2.45, 2.75) is 0 Å². The van der Waals surface area contributed by atoms with Crippen molar-refractivity contribution in [1.29, 1.82) is 0 Å². The Morgan fingerprint density at radius 3 is 2.43 bits per heavy atom. The highest BCUT2D eigenvalue weighted by molar-refractivity contribution is 6.12. The van der Waals surface area contributed by atoms with Crippen molar-refractivity contribution < 1.29 is 9.18 Å². The minimum absolute atomic E-state index is 0.144. The Labute approximate surface area is 131 Å². The van der Waals surface area contributed by atoms with Gasteiger partial charge in [0.2, 0.25) is 5.95 Å². The molecule has 2 aromatic carbocycles. The lowest BCUT2D eigenvalue weighted by atomic mass is 9.98. The number of anilines is 2. The fourth-order valence-electron chi connectivity index (χ4n) is 2.20. The standard InChI is InChI=1S/C17H13FN4O/c18-12-4-1-10(2-5-12)16(23)13-9-11(3-6-14(13)19)15-7-8-21-17(20)22-15/h1-9H,19H2,(H2,20,21,22). The van der Waals surface area contributed by atoms with E-state index in [2.05, 4.69) is 9.97 Å². The second-order valence-corrected chi connectivity index (χ2v) is 4.94. The van der Waals surface area contributed by atoms with E-state index >= 15 is 0 Å². The summed E-state index contributed by atoms with van der Waals surface area (Å²) in [5, 5.41) is 0. The summed E-state index contributed by atoms with van der Waals surface area (Å²) in [6.45, 7) is 0. The van der Waals surface area contributed by atoms with E-state index in [0.29, 0.717) is 28.1 Å². The molecule has 3 rings (SSSR count). The molecule has 23 heavy (non-hydrogen) atoms. The Morgan fingerprint density at radius 1 is 1.00 bits per heavy atom. The first-order valence-corrected chi connectivity index (χ1v) is 6.83. The molecule has 0 amide bonds. The summed E-state index contributed by atoms with van der Waals surface area (Å²) in [4.78, 5) is 20.5. The topological polar surface area (TPSA) is 94.9 Å². The number of nitrogens with two attached hydrogens (primary N) is 2. The molecular weight excluding hydrogens is 295 g/mol. The van der Waals surface area contributed by atoms with Crippen LogP contribution < -0.4 is 11.5 Å². The van der Waals surface area contributed by atoms with Gasteiger partial charge in [0.1, 0.15) is 5.82 Å². The average molecular weight is 308 g/mol. The van der Waals surface area contributed by atoms with Gasteiger partial charge in [-0.1, -0.05) is 6.07 Å². The van der Waals surface area contributed by atoms with Crippen LogP contribution in [0.25, 0.3) is 11.3 Å². The van der Waals surface area contributed by atoms with E-state index in [-0.39, 0.29) is 11.7 Å². The highest BCUT2D eigenvalue weighted by atomic mass is 19.1. The normalized spacial score (nSPS) is 10.5. The number of rotatable bonds is 3. The van der Waals surface area contributed by atoms with Crippen LogP contribution in [0.3, 0.4) is 0 Å². The quantitative estimate of drug-likeness (QED) is 0.573.